The van der Waals surface area contributed by atoms with Gasteiger partial charge in [0.15, 0.2) is 0 Å². The first-order chi connectivity index (χ1) is 12.9. The number of carbonyl (C=O) groups is 4. The van der Waals surface area contributed by atoms with Crippen molar-refractivity contribution in [1.29, 1.82) is 0 Å². The minimum atomic E-state index is -1.19. The third-order valence-electron chi connectivity index (χ3n) is 3.73. The van der Waals surface area contributed by atoms with Crippen molar-refractivity contribution in [3.8, 4) is 0 Å². The van der Waals surface area contributed by atoms with Crippen LogP contribution in [0.5, 0.6) is 0 Å². The van der Waals surface area contributed by atoms with E-state index in [1.165, 1.54) is 36.4 Å². The Bertz CT molecular complexity index is 807. The van der Waals surface area contributed by atoms with Crippen LogP contribution in [0.15, 0.2) is 48.5 Å². The number of amides is 2. The van der Waals surface area contributed by atoms with E-state index in [1.807, 2.05) is 0 Å². The highest BCUT2D eigenvalue weighted by Crippen LogP contribution is 2.09. The monoisotopic (exact) mass is 370 g/mol. The molecule has 27 heavy (non-hydrogen) atoms. The zero-order valence-electron chi connectivity index (χ0n) is 14.3. The molecule has 2 rings (SSSR count). The molecule has 0 heterocycles. The Morgan fingerprint density at radius 1 is 0.630 bits per heavy atom. The maximum absolute atomic E-state index is 12.1. The standard InChI is InChI=1S/C19H18N2O6/c22-16(12-6-1-3-8-14(12)18(24)25)20-10-5-11-21-17(23)13-7-2-4-9-15(13)19(26)27/h1-4,6-9H,5,10-11H2,(H,20,22)(H,21,23)(H,24,25)(H,26,27). The number of rotatable bonds is 8. The molecular weight excluding hydrogens is 352 g/mol. The Morgan fingerprint density at radius 3 is 1.30 bits per heavy atom. The molecule has 0 saturated heterocycles. The molecule has 8 nitrogen and oxygen atoms in total. The summed E-state index contributed by atoms with van der Waals surface area (Å²) in [5.41, 5.74) is -0.0593. The average molecular weight is 370 g/mol. The summed E-state index contributed by atoms with van der Waals surface area (Å²) in [7, 11) is 0. The fraction of sp³-hybridized carbons (Fsp3) is 0.158. The fourth-order valence-electron chi connectivity index (χ4n) is 2.42. The van der Waals surface area contributed by atoms with Crippen LogP contribution >= 0.6 is 0 Å². The van der Waals surface area contributed by atoms with E-state index < -0.39 is 23.8 Å². The van der Waals surface area contributed by atoms with Crippen molar-refractivity contribution in [1.82, 2.24) is 10.6 Å². The van der Waals surface area contributed by atoms with E-state index in [0.29, 0.717) is 6.42 Å². The van der Waals surface area contributed by atoms with E-state index in [2.05, 4.69) is 10.6 Å². The molecule has 0 aliphatic rings. The van der Waals surface area contributed by atoms with E-state index in [9.17, 15) is 19.2 Å². The molecule has 0 radical (unpaired) electrons. The molecule has 4 N–H and O–H groups in total. The van der Waals surface area contributed by atoms with Crippen LogP contribution in [0.2, 0.25) is 0 Å². The lowest BCUT2D eigenvalue weighted by molar-refractivity contribution is 0.0682. The number of carboxylic acids is 2. The fourth-order valence-corrected chi connectivity index (χ4v) is 2.42. The van der Waals surface area contributed by atoms with Crippen LogP contribution in [0.25, 0.3) is 0 Å². The van der Waals surface area contributed by atoms with Crippen LogP contribution in [0, 0.1) is 0 Å². The van der Waals surface area contributed by atoms with Crippen LogP contribution in [0.3, 0.4) is 0 Å². The highest BCUT2D eigenvalue weighted by molar-refractivity contribution is 6.05. The zero-order chi connectivity index (χ0) is 19.8. The van der Waals surface area contributed by atoms with Crippen molar-refractivity contribution in [3.05, 3.63) is 70.8 Å². The number of carbonyl (C=O) groups excluding carboxylic acids is 2. The second-order valence-electron chi connectivity index (χ2n) is 5.57. The Balaban J connectivity index is 1.83. The van der Waals surface area contributed by atoms with E-state index in [1.54, 1.807) is 12.1 Å². The predicted octanol–water partition coefficient (Wildman–Crippen LogP) is 1.63. The first-order valence-corrected chi connectivity index (χ1v) is 8.13. The molecule has 2 amide bonds. The lowest BCUT2D eigenvalue weighted by Crippen LogP contribution is -2.31. The molecule has 0 spiro atoms. The topological polar surface area (TPSA) is 133 Å². The quantitative estimate of drug-likeness (QED) is 0.522. The Kier molecular flexibility index (Phi) is 6.65. The summed E-state index contributed by atoms with van der Waals surface area (Å²) in [6.07, 6.45) is 0.391. The van der Waals surface area contributed by atoms with E-state index in [4.69, 9.17) is 10.2 Å². The lowest BCUT2D eigenvalue weighted by atomic mass is 10.1. The first kappa shape index (κ1) is 19.6. The van der Waals surface area contributed by atoms with Gasteiger partial charge < -0.3 is 20.8 Å². The van der Waals surface area contributed by atoms with Crippen LogP contribution in [0.4, 0.5) is 0 Å². The second-order valence-corrected chi connectivity index (χ2v) is 5.57. The Morgan fingerprint density at radius 2 is 0.963 bits per heavy atom. The maximum atomic E-state index is 12.1. The van der Waals surface area contributed by atoms with Gasteiger partial charge in [-0.2, -0.15) is 0 Å². The van der Waals surface area contributed by atoms with Crippen molar-refractivity contribution in [3.63, 3.8) is 0 Å². The van der Waals surface area contributed by atoms with Crippen molar-refractivity contribution < 1.29 is 29.4 Å². The van der Waals surface area contributed by atoms with Gasteiger partial charge in [0.05, 0.1) is 22.3 Å². The molecular formula is C19H18N2O6. The second kappa shape index (κ2) is 9.14. The van der Waals surface area contributed by atoms with Crippen molar-refractivity contribution in [2.24, 2.45) is 0 Å². The van der Waals surface area contributed by atoms with E-state index >= 15 is 0 Å². The van der Waals surface area contributed by atoms with Gasteiger partial charge in [-0.15, -0.1) is 0 Å². The molecule has 0 saturated carbocycles. The molecule has 0 bridgehead atoms. The summed E-state index contributed by atoms with van der Waals surface area (Å²) in [5.74, 6) is -3.42. The number of benzene rings is 2. The summed E-state index contributed by atoms with van der Waals surface area (Å²) in [5, 5.41) is 23.4. The average Bonchev–Trinajstić information content (AvgIpc) is 2.67. The van der Waals surface area contributed by atoms with Gasteiger partial charge in [-0.25, -0.2) is 9.59 Å². The van der Waals surface area contributed by atoms with Gasteiger partial charge in [0.1, 0.15) is 0 Å². The third-order valence-corrected chi connectivity index (χ3v) is 3.73. The molecule has 0 unspecified atom stereocenters. The number of hydrogen-bond acceptors (Lipinski definition) is 4. The third kappa shape index (κ3) is 5.15. The van der Waals surface area contributed by atoms with Crippen LogP contribution in [0.1, 0.15) is 47.9 Å². The van der Waals surface area contributed by atoms with Crippen molar-refractivity contribution >= 4 is 23.8 Å². The number of carboxylic acid groups (broad SMARTS) is 2. The molecule has 2 aromatic rings. The van der Waals surface area contributed by atoms with E-state index in [-0.39, 0.29) is 35.3 Å². The van der Waals surface area contributed by atoms with Crippen LogP contribution < -0.4 is 10.6 Å². The van der Waals surface area contributed by atoms with Gasteiger partial charge in [0.25, 0.3) is 11.8 Å². The number of nitrogens with one attached hydrogen (secondary N) is 2. The largest absolute Gasteiger partial charge is 0.478 e. The summed E-state index contributed by atoms with van der Waals surface area (Å²) in [4.78, 5) is 46.4. The highest BCUT2D eigenvalue weighted by Gasteiger charge is 2.16. The van der Waals surface area contributed by atoms with Crippen LogP contribution in [-0.4, -0.2) is 47.1 Å². The summed E-state index contributed by atoms with van der Waals surface area (Å²) < 4.78 is 0. The minimum Gasteiger partial charge on any atom is -0.478 e. The van der Waals surface area contributed by atoms with Gasteiger partial charge >= 0.3 is 11.9 Å². The minimum absolute atomic E-state index is 0.0596. The van der Waals surface area contributed by atoms with Gasteiger partial charge in [-0.3, -0.25) is 9.59 Å². The molecule has 2 aromatic carbocycles. The van der Waals surface area contributed by atoms with Crippen molar-refractivity contribution in [2.45, 2.75) is 6.42 Å². The van der Waals surface area contributed by atoms with Gasteiger partial charge in [-0.1, -0.05) is 24.3 Å². The SMILES string of the molecule is O=C(O)c1ccccc1C(=O)NCCCNC(=O)c1ccccc1C(=O)O. The first-order valence-electron chi connectivity index (χ1n) is 8.13. The molecule has 0 aliphatic heterocycles. The Labute approximate surface area is 154 Å². The maximum Gasteiger partial charge on any atom is 0.336 e. The summed E-state index contributed by atoms with van der Waals surface area (Å²) in [6, 6.07) is 11.7. The number of hydrogen-bond donors (Lipinski definition) is 4. The molecule has 0 fully saturated rings. The van der Waals surface area contributed by atoms with Crippen molar-refractivity contribution in [2.75, 3.05) is 13.1 Å². The zero-order valence-corrected chi connectivity index (χ0v) is 14.3. The predicted molar refractivity (Wildman–Crippen MR) is 96.1 cm³/mol. The molecule has 140 valence electrons. The molecule has 8 heteroatoms. The van der Waals surface area contributed by atoms with Crippen LogP contribution in [-0.2, 0) is 0 Å². The molecule has 0 atom stereocenters. The Hall–Kier alpha value is -3.68. The smallest absolute Gasteiger partial charge is 0.336 e. The van der Waals surface area contributed by atoms with E-state index in [0.717, 1.165) is 0 Å². The molecule has 0 aliphatic carbocycles. The van der Waals surface area contributed by atoms with Gasteiger partial charge in [0, 0.05) is 13.1 Å². The highest BCUT2D eigenvalue weighted by atomic mass is 16.4. The van der Waals surface area contributed by atoms with Gasteiger partial charge in [0.2, 0.25) is 0 Å². The summed E-state index contributed by atoms with van der Waals surface area (Å²) >= 11 is 0. The molecule has 0 aromatic heterocycles. The van der Waals surface area contributed by atoms with Gasteiger partial charge in [-0.05, 0) is 30.7 Å². The lowest BCUT2D eigenvalue weighted by Gasteiger charge is -2.09. The normalized spacial score (nSPS) is 10.1. The number of aromatic carboxylic acids is 2. The summed E-state index contributed by atoms with van der Waals surface area (Å²) in [6.45, 7) is 0.432.